The number of hydrogen-bond donors (Lipinski definition) is 2. The van der Waals surface area contributed by atoms with Gasteiger partial charge in [0.2, 0.25) is 0 Å². The largest absolute Gasteiger partial charge is 0.463 e. The second-order valence-corrected chi connectivity index (χ2v) is 8.55. The third-order valence-corrected chi connectivity index (χ3v) is 5.06. The van der Waals surface area contributed by atoms with Gasteiger partial charge in [-0.25, -0.2) is 0 Å². The zero-order chi connectivity index (χ0) is 25.4. The van der Waals surface area contributed by atoms with Crippen LogP contribution >= 0.6 is 28.1 Å². The van der Waals surface area contributed by atoms with E-state index in [1.807, 2.05) is 6.07 Å². The van der Waals surface area contributed by atoms with E-state index in [1.54, 1.807) is 18.2 Å². The van der Waals surface area contributed by atoms with E-state index in [0.717, 1.165) is 25.2 Å². The fourth-order valence-electron chi connectivity index (χ4n) is 3.21. The summed E-state index contributed by atoms with van der Waals surface area (Å²) < 4.78 is 27.9. The molecule has 1 fully saturated rings. The predicted octanol–water partition coefficient (Wildman–Crippen LogP) is 1.82. The molecule has 2 rings (SSSR count). The van der Waals surface area contributed by atoms with Gasteiger partial charge in [-0.05, 0) is 30.4 Å². The summed E-state index contributed by atoms with van der Waals surface area (Å²) in [6.45, 7) is 4.32. The second kappa shape index (κ2) is 12.6. The lowest BCUT2D eigenvalue weighted by molar-refractivity contribution is -0.254. The summed E-state index contributed by atoms with van der Waals surface area (Å²) in [6, 6.07) is 7.18. The van der Waals surface area contributed by atoms with Crippen LogP contribution in [0, 0.1) is 0 Å². The zero-order valence-electron chi connectivity index (χ0n) is 18.9. The number of thiocarbonyl (C=S) groups is 1. The van der Waals surface area contributed by atoms with Crippen LogP contribution in [0.4, 0.5) is 5.69 Å². The average Bonchev–Trinajstić information content (AvgIpc) is 2.70. The number of ether oxygens (including phenoxy) is 5. The highest BCUT2D eigenvalue weighted by Gasteiger charge is 2.52. The van der Waals surface area contributed by atoms with Crippen molar-refractivity contribution in [3.05, 3.63) is 28.7 Å². The standard InChI is InChI=1S/C21H25BrN2O9S/c1-10(25)29-9-16-17(30-11(2)26)18(31-12(3)27)19(32-13(4)28)20(33-16)24-21(34)23-15-7-5-6-14(22)8-15/h5-8,16-20H,9H2,1-4H3,(H2,23,24,34)/t16-,17+,18+,19+,20-/m1/s1. The van der Waals surface area contributed by atoms with Crippen molar-refractivity contribution in [2.75, 3.05) is 11.9 Å². The van der Waals surface area contributed by atoms with Gasteiger partial charge in [0.15, 0.2) is 29.7 Å². The van der Waals surface area contributed by atoms with Gasteiger partial charge in [-0.2, -0.15) is 0 Å². The Kier molecular flexibility index (Phi) is 10.2. The van der Waals surface area contributed by atoms with E-state index in [9.17, 15) is 19.2 Å². The SMILES string of the molecule is CC(=O)OC[C@H]1O[C@@H](NC(=S)Nc2cccc(Br)c2)[C@@H](OC(C)=O)[C@@H](OC(C)=O)[C@H]1OC(C)=O. The van der Waals surface area contributed by atoms with Crippen molar-refractivity contribution in [2.24, 2.45) is 0 Å². The van der Waals surface area contributed by atoms with Crippen LogP contribution in [0.5, 0.6) is 0 Å². The molecule has 2 N–H and O–H groups in total. The zero-order valence-corrected chi connectivity index (χ0v) is 21.3. The molecule has 186 valence electrons. The first kappa shape index (κ1) is 27.5. The molecule has 1 aliphatic heterocycles. The summed E-state index contributed by atoms with van der Waals surface area (Å²) in [5.74, 6) is -2.74. The first-order valence-corrected chi connectivity index (χ1v) is 11.3. The molecule has 0 unspecified atom stereocenters. The summed E-state index contributed by atoms with van der Waals surface area (Å²) in [5.41, 5.74) is 0.650. The van der Waals surface area contributed by atoms with E-state index in [1.165, 1.54) is 6.92 Å². The highest BCUT2D eigenvalue weighted by atomic mass is 79.9. The van der Waals surface area contributed by atoms with E-state index >= 15 is 0 Å². The minimum absolute atomic E-state index is 0.0963. The Labute approximate surface area is 209 Å². The second-order valence-electron chi connectivity index (χ2n) is 7.23. The molecule has 1 saturated heterocycles. The van der Waals surface area contributed by atoms with Gasteiger partial charge in [-0.15, -0.1) is 0 Å². The van der Waals surface area contributed by atoms with Crippen LogP contribution in [0.25, 0.3) is 0 Å². The van der Waals surface area contributed by atoms with Gasteiger partial charge in [0.1, 0.15) is 12.7 Å². The lowest BCUT2D eigenvalue weighted by Gasteiger charge is -2.44. The van der Waals surface area contributed by atoms with Gasteiger partial charge >= 0.3 is 23.9 Å². The third kappa shape index (κ3) is 8.54. The smallest absolute Gasteiger partial charge is 0.303 e. The maximum absolute atomic E-state index is 11.9. The Balaban J connectivity index is 2.36. The molecule has 13 heteroatoms. The van der Waals surface area contributed by atoms with Crippen LogP contribution in [0.3, 0.4) is 0 Å². The van der Waals surface area contributed by atoms with Gasteiger partial charge in [0, 0.05) is 37.9 Å². The lowest BCUT2D eigenvalue weighted by Crippen LogP contribution is -2.66. The number of nitrogens with one attached hydrogen (secondary N) is 2. The first-order chi connectivity index (χ1) is 16.0. The summed E-state index contributed by atoms with van der Waals surface area (Å²) in [7, 11) is 0. The van der Waals surface area contributed by atoms with Gasteiger partial charge in [0.05, 0.1) is 0 Å². The molecule has 1 aromatic rings. The molecule has 0 bridgehead atoms. The number of hydrogen-bond acceptors (Lipinski definition) is 10. The number of carbonyl (C=O) groups excluding carboxylic acids is 4. The Morgan fingerprint density at radius 2 is 1.53 bits per heavy atom. The highest BCUT2D eigenvalue weighted by Crippen LogP contribution is 2.28. The summed E-state index contributed by atoms with van der Waals surface area (Å²) >= 11 is 8.72. The first-order valence-electron chi connectivity index (χ1n) is 10.1. The molecule has 11 nitrogen and oxygen atoms in total. The molecule has 0 saturated carbocycles. The Bertz CT molecular complexity index is 945. The fraction of sp³-hybridized carbons (Fsp3) is 0.476. The maximum Gasteiger partial charge on any atom is 0.303 e. The van der Waals surface area contributed by atoms with Crippen LogP contribution in [-0.2, 0) is 42.9 Å². The van der Waals surface area contributed by atoms with E-state index in [0.29, 0.717) is 5.69 Å². The van der Waals surface area contributed by atoms with E-state index in [-0.39, 0.29) is 11.7 Å². The van der Waals surface area contributed by atoms with Crippen molar-refractivity contribution in [3.8, 4) is 0 Å². The molecule has 0 spiro atoms. The molecule has 1 aliphatic rings. The number of benzene rings is 1. The third-order valence-electron chi connectivity index (χ3n) is 4.35. The van der Waals surface area contributed by atoms with Crippen molar-refractivity contribution >= 4 is 62.8 Å². The van der Waals surface area contributed by atoms with Crippen LogP contribution in [0.1, 0.15) is 27.7 Å². The molecule has 0 aromatic heterocycles. The van der Waals surface area contributed by atoms with Gasteiger partial charge in [-0.3, -0.25) is 19.2 Å². The minimum Gasteiger partial charge on any atom is -0.463 e. The molecule has 0 amide bonds. The Hall–Kier alpha value is -2.77. The van der Waals surface area contributed by atoms with Gasteiger partial charge < -0.3 is 34.3 Å². The van der Waals surface area contributed by atoms with Gasteiger partial charge in [0.25, 0.3) is 0 Å². The quantitative estimate of drug-likeness (QED) is 0.285. The van der Waals surface area contributed by atoms with Crippen molar-refractivity contribution in [2.45, 2.75) is 58.3 Å². The minimum atomic E-state index is -1.29. The van der Waals surface area contributed by atoms with E-state index in [2.05, 4.69) is 26.6 Å². The molecule has 34 heavy (non-hydrogen) atoms. The number of esters is 4. The highest BCUT2D eigenvalue weighted by molar-refractivity contribution is 9.10. The Morgan fingerprint density at radius 3 is 2.09 bits per heavy atom. The molecule has 1 heterocycles. The number of halogens is 1. The van der Waals surface area contributed by atoms with E-state index < -0.39 is 54.5 Å². The van der Waals surface area contributed by atoms with Crippen LogP contribution in [-0.4, -0.2) is 66.2 Å². The lowest BCUT2D eigenvalue weighted by atomic mass is 9.97. The molecule has 0 aliphatic carbocycles. The maximum atomic E-state index is 11.9. The van der Waals surface area contributed by atoms with Crippen LogP contribution in [0.15, 0.2) is 28.7 Å². The summed E-state index contributed by atoms with van der Waals surface area (Å²) in [4.78, 5) is 46.9. The van der Waals surface area contributed by atoms with Crippen molar-refractivity contribution < 1.29 is 42.9 Å². The summed E-state index contributed by atoms with van der Waals surface area (Å²) in [6.07, 6.45) is -6.02. The van der Waals surface area contributed by atoms with Crippen molar-refractivity contribution in [3.63, 3.8) is 0 Å². The Morgan fingerprint density at radius 1 is 0.941 bits per heavy atom. The van der Waals surface area contributed by atoms with E-state index in [4.69, 9.17) is 35.9 Å². The summed E-state index contributed by atoms with van der Waals surface area (Å²) in [5, 5.41) is 5.93. The predicted molar refractivity (Wildman–Crippen MR) is 125 cm³/mol. The number of rotatable bonds is 7. The fourth-order valence-corrected chi connectivity index (χ4v) is 3.84. The topological polar surface area (TPSA) is 138 Å². The van der Waals surface area contributed by atoms with Crippen LogP contribution < -0.4 is 10.6 Å². The molecule has 0 radical (unpaired) electrons. The normalized spacial score (nSPS) is 23.7. The molecule has 1 aromatic carbocycles. The average molecular weight is 561 g/mol. The molecule has 5 atom stereocenters. The van der Waals surface area contributed by atoms with Crippen molar-refractivity contribution in [1.82, 2.24) is 5.32 Å². The number of carbonyl (C=O) groups is 4. The monoisotopic (exact) mass is 560 g/mol. The van der Waals surface area contributed by atoms with Gasteiger partial charge in [-0.1, -0.05) is 22.0 Å². The molecular weight excluding hydrogens is 536 g/mol. The van der Waals surface area contributed by atoms with Crippen molar-refractivity contribution in [1.29, 1.82) is 0 Å². The molecular formula is C21H25BrN2O9S. The van der Waals surface area contributed by atoms with Crippen LogP contribution in [0.2, 0.25) is 0 Å². The number of anilines is 1.